The molecule has 0 radical (unpaired) electrons. The summed E-state index contributed by atoms with van der Waals surface area (Å²) in [6, 6.07) is 10.8. The van der Waals surface area contributed by atoms with Crippen LogP contribution in [0.5, 0.6) is 17.2 Å². The number of methoxy groups -OCH3 is 2. The Morgan fingerprint density at radius 1 is 1.11 bits per heavy atom. The van der Waals surface area contributed by atoms with E-state index in [2.05, 4.69) is 14.7 Å². The average molecular weight is 403 g/mol. The molecule has 0 unspecified atom stereocenters. The number of benzene rings is 2. The molecule has 7 nitrogen and oxygen atoms in total. The first-order chi connectivity index (χ1) is 13.5. The zero-order valence-electron chi connectivity index (χ0n) is 15.4. The van der Waals surface area contributed by atoms with Gasteiger partial charge >= 0.3 is 0 Å². The van der Waals surface area contributed by atoms with Gasteiger partial charge in [-0.25, -0.2) is 4.39 Å². The number of ether oxygens (including phenoxy) is 3. The van der Waals surface area contributed by atoms with Crippen molar-refractivity contribution in [2.24, 2.45) is 0 Å². The van der Waals surface area contributed by atoms with Crippen molar-refractivity contribution in [2.75, 3.05) is 19.5 Å². The summed E-state index contributed by atoms with van der Waals surface area (Å²) in [7, 11) is 3.10. The number of amides is 1. The number of hydrogen-bond donors (Lipinski definition) is 1. The van der Waals surface area contributed by atoms with Gasteiger partial charge in [0.1, 0.15) is 11.6 Å². The molecule has 146 valence electrons. The lowest BCUT2D eigenvalue weighted by Crippen LogP contribution is -2.30. The van der Waals surface area contributed by atoms with Gasteiger partial charge in [0.25, 0.3) is 5.91 Å². The Labute approximate surface area is 165 Å². The molecule has 0 spiro atoms. The lowest BCUT2D eigenvalue weighted by Gasteiger charge is -2.13. The van der Waals surface area contributed by atoms with Gasteiger partial charge in [0.05, 0.1) is 14.2 Å². The molecule has 3 rings (SSSR count). The topological polar surface area (TPSA) is 82.6 Å². The van der Waals surface area contributed by atoms with E-state index in [9.17, 15) is 9.18 Å². The summed E-state index contributed by atoms with van der Waals surface area (Å²) in [6.45, 7) is 1.59. The summed E-state index contributed by atoms with van der Waals surface area (Å²) >= 11 is 1.05. The van der Waals surface area contributed by atoms with E-state index in [0.717, 1.165) is 17.1 Å². The van der Waals surface area contributed by atoms with E-state index in [4.69, 9.17) is 14.2 Å². The number of carbonyl (C=O) groups is 1. The second-order valence-electron chi connectivity index (χ2n) is 5.70. The third-order valence-corrected chi connectivity index (χ3v) is 4.42. The molecule has 0 saturated heterocycles. The number of anilines is 1. The fraction of sp³-hybridized carbons (Fsp3) is 0.211. The average Bonchev–Trinajstić information content (AvgIpc) is 3.17. The summed E-state index contributed by atoms with van der Waals surface area (Å²) in [4.78, 5) is 16.6. The number of nitrogens with zero attached hydrogens (tertiary/aromatic N) is 2. The van der Waals surface area contributed by atoms with Crippen molar-refractivity contribution in [3.63, 3.8) is 0 Å². The van der Waals surface area contributed by atoms with E-state index in [0.29, 0.717) is 28.2 Å². The molecule has 0 bridgehead atoms. The Morgan fingerprint density at radius 3 is 2.50 bits per heavy atom. The molecule has 2 aromatic carbocycles. The number of aromatic nitrogens is 2. The van der Waals surface area contributed by atoms with Gasteiger partial charge in [-0.1, -0.05) is 0 Å². The summed E-state index contributed by atoms with van der Waals surface area (Å²) < 4.78 is 33.2. The van der Waals surface area contributed by atoms with Crippen molar-refractivity contribution in [1.82, 2.24) is 9.36 Å². The third-order valence-electron chi connectivity index (χ3n) is 3.79. The van der Waals surface area contributed by atoms with Crippen molar-refractivity contribution in [3.8, 4) is 28.6 Å². The van der Waals surface area contributed by atoms with E-state index in [1.54, 1.807) is 39.3 Å². The molecule has 1 N–H and O–H groups in total. The highest BCUT2D eigenvalue weighted by Crippen LogP contribution is 2.32. The fourth-order valence-corrected chi connectivity index (χ4v) is 2.94. The Kier molecular flexibility index (Phi) is 6.05. The minimum atomic E-state index is -0.793. The molecule has 1 amide bonds. The van der Waals surface area contributed by atoms with Crippen LogP contribution in [0.25, 0.3) is 11.4 Å². The molecule has 0 saturated carbocycles. The molecule has 0 aliphatic heterocycles. The van der Waals surface area contributed by atoms with E-state index < -0.39 is 6.10 Å². The maximum Gasteiger partial charge on any atom is 0.266 e. The molecular weight excluding hydrogens is 385 g/mol. The SMILES string of the molecule is COc1ccc(-c2nsc(NC(=O)[C@H](C)Oc3ccc(F)cc3)n2)cc1OC. The largest absolute Gasteiger partial charge is 0.493 e. The second-order valence-corrected chi connectivity index (χ2v) is 6.45. The molecule has 0 aliphatic carbocycles. The van der Waals surface area contributed by atoms with E-state index >= 15 is 0 Å². The molecular formula is C19H18FN3O4S. The van der Waals surface area contributed by atoms with Gasteiger partial charge < -0.3 is 14.2 Å². The highest BCUT2D eigenvalue weighted by molar-refractivity contribution is 7.10. The Hall–Kier alpha value is -3.20. The monoisotopic (exact) mass is 403 g/mol. The number of hydrogen-bond acceptors (Lipinski definition) is 7. The van der Waals surface area contributed by atoms with Crippen molar-refractivity contribution >= 4 is 22.6 Å². The molecule has 1 atom stereocenters. The minimum Gasteiger partial charge on any atom is -0.493 e. The summed E-state index contributed by atoms with van der Waals surface area (Å²) in [6.07, 6.45) is -0.793. The summed E-state index contributed by atoms with van der Waals surface area (Å²) in [5, 5.41) is 3.00. The second kappa shape index (κ2) is 8.66. The van der Waals surface area contributed by atoms with Crippen LogP contribution in [0.3, 0.4) is 0 Å². The van der Waals surface area contributed by atoms with Crippen LogP contribution in [0.15, 0.2) is 42.5 Å². The number of halogens is 1. The molecule has 1 aromatic heterocycles. The number of carbonyl (C=O) groups excluding carboxylic acids is 1. The molecule has 0 fully saturated rings. The van der Waals surface area contributed by atoms with Crippen molar-refractivity contribution < 1.29 is 23.4 Å². The highest BCUT2D eigenvalue weighted by atomic mass is 32.1. The standard InChI is InChI=1S/C19H18FN3O4S/c1-11(27-14-7-5-13(20)6-8-14)18(24)22-19-21-17(23-28-19)12-4-9-15(25-2)16(10-12)26-3/h4-11H,1-3H3,(H,21,22,23,24)/t11-/m0/s1. The highest BCUT2D eigenvalue weighted by Gasteiger charge is 2.18. The van der Waals surface area contributed by atoms with Crippen LogP contribution in [0.4, 0.5) is 9.52 Å². The van der Waals surface area contributed by atoms with Crippen molar-refractivity contribution in [3.05, 3.63) is 48.3 Å². The molecule has 28 heavy (non-hydrogen) atoms. The van der Waals surface area contributed by atoms with Crippen LogP contribution in [-0.2, 0) is 4.79 Å². The lowest BCUT2D eigenvalue weighted by atomic mass is 10.2. The number of rotatable bonds is 7. The molecule has 9 heteroatoms. The maximum atomic E-state index is 12.9. The fourth-order valence-electron chi connectivity index (χ4n) is 2.34. The van der Waals surface area contributed by atoms with Gasteiger partial charge in [-0.05, 0) is 49.4 Å². The van der Waals surface area contributed by atoms with Crippen molar-refractivity contribution in [1.29, 1.82) is 0 Å². The Morgan fingerprint density at radius 2 is 1.82 bits per heavy atom. The summed E-state index contributed by atoms with van der Waals surface area (Å²) in [5.41, 5.74) is 0.727. The molecule has 1 heterocycles. The third kappa shape index (κ3) is 4.55. The van der Waals surface area contributed by atoms with Gasteiger partial charge in [0.15, 0.2) is 23.4 Å². The van der Waals surface area contributed by atoms with Crippen LogP contribution < -0.4 is 19.5 Å². The van der Waals surface area contributed by atoms with Crippen molar-refractivity contribution in [2.45, 2.75) is 13.0 Å². The van der Waals surface area contributed by atoms with Crippen LogP contribution in [0.1, 0.15) is 6.92 Å². The zero-order valence-corrected chi connectivity index (χ0v) is 16.2. The van der Waals surface area contributed by atoms with E-state index in [-0.39, 0.29) is 11.7 Å². The van der Waals surface area contributed by atoms with Gasteiger partial charge in [-0.15, -0.1) is 0 Å². The quantitative estimate of drug-likeness (QED) is 0.647. The van der Waals surface area contributed by atoms with Gasteiger partial charge in [-0.3, -0.25) is 10.1 Å². The predicted molar refractivity (Wildman–Crippen MR) is 104 cm³/mol. The Bertz CT molecular complexity index is 962. The van der Waals surface area contributed by atoms with Crippen LogP contribution in [0.2, 0.25) is 0 Å². The first kappa shape index (κ1) is 19.6. The van der Waals surface area contributed by atoms with Gasteiger partial charge in [-0.2, -0.15) is 9.36 Å². The summed E-state index contributed by atoms with van der Waals surface area (Å²) in [5.74, 6) is 1.24. The zero-order chi connectivity index (χ0) is 20.1. The van der Waals surface area contributed by atoms with Crippen LogP contribution in [-0.4, -0.2) is 35.6 Å². The van der Waals surface area contributed by atoms with Crippen LogP contribution >= 0.6 is 11.5 Å². The Balaban J connectivity index is 1.66. The van der Waals surface area contributed by atoms with E-state index in [1.165, 1.54) is 24.3 Å². The van der Waals surface area contributed by atoms with Gasteiger partial charge in [0, 0.05) is 17.1 Å². The number of nitrogens with one attached hydrogen (secondary N) is 1. The van der Waals surface area contributed by atoms with E-state index in [1.807, 2.05) is 0 Å². The minimum absolute atomic E-state index is 0.337. The van der Waals surface area contributed by atoms with Gasteiger partial charge in [0.2, 0.25) is 5.13 Å². The molecule has 0 aliphatic rings. The maximum absolute atomic E-state index is 12.9. The predicted octanol–water partition coefficient (Wildman–Crippen LogP) is 3.77. The normalized spacial score (nSPS) is 11.6. The first-order valence-corrected chi connectivity index (χ1v) is 9.06. The smallest absolute Gasteiger partial charge is 0.266 e. The first-order valence-electron chi connectivity index (χ1n) is 8.29. The molecule has 3 aromatic rings. The lowest BCUT2D eigenvalue weighted by molar-refractivity contribution is -0.122. The van der Waals surface area contributed by atoms with Crippen LogP contribution in [0, 0.1) is 5.82 Å².